The molecule has 7 nitrogen and oxygen atoms in total. The van der Waals surface area contributed by atoms with Gasteiger partial charge in [0.05, 0.1) is 25.0 Å². The third-order valence-corrected chi connectivity index (χ3v) is 5.44. The Morgan fingerprint density at radius 3 is 2.87 bits per heavy atom. The van der Waals surface area contributed by atoms with E-state index < -0.39 is 11.6 Å². The van der Waals surface area contributed by atoms with E-state index in [0.29, 0.717) is 35.1 Å². The molecular formula is C21H20F2N6O. The normalized spacial score (nSPS) is 16.5. The first-order valence-electron chi connectivity index (χ1n) is 9.72. The highest BCUT2D eigenvalue weighted by atomic mass is 19.1. The Bertz CT molecular complexity index is 1230. The van der Waals surface area contributed by atoms with Gasteiger partial charge in [0.1, 0.15) is 23.1 Å². The minimum Gasteiger partial charge on any atom is -0.481 e. The molecule has 1 aliphatic heterocycles. The number of ether oxygens (including phenoxy) is 1. The summed E-state index contributed by atoms with van der Waals surface area (Å²) in [6.45, 7) is 2.59. The van der Waals surface area contributed by atoms with Gasteiger partial charge in [-0.3, -0.25) is 0 Å². The summed E-state index contributed by atoms with van der Waals surface area (Å²) >= 11 is 0. The third kappa shape index (κ3) is 2.97. The number of hydrogen-bond acceptors (Lipinski definition) is 5. The lowest BCUT2D eigenvalue weighted by atomic mass is 10.0. The Morgan fingerprint density at radius 1 is 1.17 bits per heavy atom. The first kappa shape index (κ1) is 18.5. The molecule has 0 bridgehead atoms. The summed E-state index contributed by atoms with van der Waals surface area (Å²) in [5, 5.41) is 8.84. The van der Waals surface area contributed by atoms with Gasteiger partial charge < -0.3 is 9.64 Å². The van der Waals surface area contributed by atoms with E-state index in [4.69, 9.17) is 9.72 Å². The van der Waals surface area contributed by atoms with Crippen LogP contribution in [-0.2, 0) is 0 Å². The maximum Gasteiger partial charge on any atom is 0.216 e. The predicted octanol–water partition coefficient (Wildman–Crippen LogP) is 3.85. The van der Waals surface area contributed by atoms with E-state index in [2.05, 4.69) is 10.2 Å². The number of halogens is 2. The zero-order chi connectivity index (χ0) is 20.8. The van der Waals surface area contributed by atoms with E-state index >= 15 is 0 Å². The summed E-state index contributed by atoms with van der Waals surface area (Å²) in [5.74, 6) is 0.408. The molecule has 3 aromatic heterocycles. The van der Waals surface area contributed by atoms with Crippen molar-refractivity contribution in [2.75, 3.05) is 18.6 Å². The molecule has 0 radical (unpaired) electrons. The zero-order valence-electron chi connectivity index (χ0n) is 16.6. The van der Waals surface area contributed by atoms with Crippen molar-refractivity contribution in [1.82, 2.24) is 24.4 Å². The summed E-state index contributed by atoms with van der Waals surface area (Å²) in [5.41, 5.74) is 2.43. The SMILES string of the molecule is COc1cc(C)nn1-c1cnn2ccc(N3CCCC3c3cc(F)ccc3F)nc12. The largest absolute Gasteiger partial charge is 0.481 e. The molecule has 1 fully saturated rings. The Morgan fingerprint density at radius 2 is 2.03 bits per heavy atom. The summed E-state index contributed by atoms with van der Waals surface area (Å²) in [6, 6.07) is 6.99. The maximum absolute atomic E-state index is 14.4. The van der Waals surface area contributed by atoms with Crippen molar-refractivity contribution in [1.29, 1.82) is 0 Å². The van der Waals surface area contributed by atoms with E-state index in [1.165, 1.54) is 12.1 Å². The lowest BCUT2D eigenvalue weighted by Crippen LogP contribution is -2.24. The number of methoxy groups -OCH3 is 1. The van der Waals surface area contributed by atoms with Crippen molar-refractivity contribution in [2.24, 2.45) is 0 Å². The number of aromatic nitrogens is 5. The summed E-state index contributed by atoms with van der Waals surface area (Å²) in [4.78, 5) is 6.81. The highest BCUT2D eigenvalue weighted by Crippen LogP contribution is 2.37. The number of hydrogen-bond donors (Lipinski definition) is 0. The van der Waals surface area contributed by atoms with Gasteiger partial charge in [0.2, 0.25) is 5.88 Å². The van der Waals surface area contributed by atoms with Crippen molar-refractivity contribution in [3.05, 3.63) is 65.6 Å². The van der Waals surface area contributed by atoms with Gasteiger partial charge in [0.15, 0.2) is 5.65 Å². The van der Waals surface area contributed by atoms with Crippen LogP contribution >= 0.6 is 0 Å². The van der Waals surface area contributed by atoms with E-state index in [0.717, 1.165) is 24.6 Å². The second-order valence-corrected chi connectivity index (χ2v) is 7.34. The van der Waals surface area contributed by atoms with Crippen LogP contribution in [0.25, 0.3) is 11.3 Å². The first-order valence-corrected chi connectivity index (χ1v) is 9.72. The Kier molecular flexibility index (Phi) is 4.38. The van der Waals surface area contributed by atoms with Crippen molar-refractivity contribution in [3.63, 3.8) is 0 Å². The van der Waals surface area contributed by atoms with Gasteiger partial charge in [0, 0.05) is 24.4 Å². The van der Waals surface area contributed by atoms with Crippen LogP contribution < -0.4 is 9.64 Å². The van der Waals surface area contributed by atoms with Gasteiger partial charge in [-0.25, -0.2) is 18.3 Å². The predicted molar refractivity (Wildman–Crippen MR) is 107 cm³/mol. The average molecular weight is 410 g/mol. The van der Waals surface area contributed by atoms with Gasteiger partial charge in [-0.1, -0.05) is 0 Å². The van der Waals surface area contributed by atoms with Gasteiger partial charge in [-0.05, 0) is 44.0 Å². The fourth-order valence-corrected chi connectivity index (χ4v) is 4.08. The molecule has 4 heterocycles. The molecule has 1 atom stereocenters. The van der Waals surface area contributed by atoms with Crippen molar-refractivity contribution in [3.8, 4) is 11.6 Å². The summed E-state index contributed by atoms with van der Waals surface area (Å²) in [7, 11) is 1.58. The van der Waals surface area contributed by atoms with Crippen LogP contribution in [-0.4, -0.2) is 38.0 Å². The van der Waals surface area contributed by atoms with Crippen LogP contribution in [0.1, 0.15) is 30.1 Å². The molecule has 9 heteroatoms. The molecule has 0 saturated carbocycles. The molecule has 0 aliphatic carbocycles. The monoisotopic (exact) mass is 410 g/mol. The molecule has 5 rings (SSSR count). The molecule has 30 heavy (non-hydrogen) atoms. The van der Waals surface area contributed by atoms with Crippen LogP contribution in [0.4, 0.5) is 14.6 Å². The molecule has 4 aromatic rings. The molecule has 0 spiro atoms. The fraction of sp³-hybridized carbons (Fsp3) is 0.286. The van der Waals surface area contributed by atoms with Crippen LogP contribution in [0.3, 0.4) is 0 Å². The number of benzene rings is 1. The van der Waals surface area contributed by atoms with Crippen molar-refractivity contribution < 1.29 is 13.5 Å². The zero-order valence-corrected chi connectivity index (χ0v) is 16.6. The topological polar surface area (TPSA) is 60.5 Å². The molecule has 0 N–H and O–H groups in total. The number of aryl methyl sites for hydroxylation is 1. The number of nitrogens with zero attached hydrogens (tertiary/aromatic N) is 6. The Labute approximate surface area is 171 Å². The second-order valence-electron chi connectivity index (χ2n) is 7.34. The molecule has 1 unspecified atom stereocenters. The number of fused-ring (bicyclic) bond motifs is 1. The standard InChI is InChI=1S/C21H20F2N6O/c1-13-10-20(30-2)29(26-13)18-12-24-28-9-7-19(25-21(18)28)27-8-3-4-17(27)15-11-14(22)5-6-16(15)23/h5-7,9-12,17H,3-4,8H2,1-2H3. The van der Waals surface area contributed by atoms with Crippen LogP contribution in [0.2, 0.25) is 0 Å². The third-order valence-electron chi connectivity index (χ3n) is 5.44. The highest BCUT2D eigenvalue weighted by Gasteiger charge is 2.30. The van der Waals surface area contributed by atoms with Gasteiger partial charge >= 0.3 is 0 Å². The lowest BCUT2D eigenvalue weighted by Gasteiger charge is -2.26. The lowest BCUT2D eigenvalue weighted by molar-refractivity contribution is 0.384. The number of rotatable bonds is 4. The molecule has 1 aromatic carbocycles. The van der Waals surface area contributed by atoms with Gasteiger partial charge in [-0.15, -0.1) is 0 Å². The van der Waals surface area contributed by atoms with Crippen molar-refractivity contribution in [2.45, 2.75) is 25.8 Å². The van der Waals surface area contributed by atoms with Crippen LogP contribution in [0, 0.1) is 18.6 Å². The van der Waals surface area contributed by atoms with E-state index in [1.807, 2.05) is 24.0 Å². The minimum absolute atomic E-state index is 0.275. The average Bonchev–Trinajstić information content (AvgIpc) is 3.46. The quantitative estimate of drug-likeness (QED) is 0.511. The molecule has 1 aliphatic rings. The molecular weight excluding hydrogens is 390 g/mol. The van der Waals surface area contributed by atoms with E-state index in [9.17, 15) is 8.78 Å². The summed E-state index contributed by atoms with van der Waals surface area (Å²) in [6.07, 6.45) is 5.08. The number of anilines is 1. The smallest absolute Gasteiger partial charge is 0.216 e. The van der Waals surface area contributed by atoms with Gasteiger partial charge in [0.25, 0.3) is 0 Å². The molecule has 0 amide bonds. The highest BCUT2D eigenvalue weighted by molar-refractivity contribution is 5.62. The fourth-order valence-electron chi connectivity index (χ4n) is 4.08. The first-order chi connectivity index (χ1) is 14.5. The van der Waals surface area contributed by atoms with Gasteiger partial charge in [-0.2, -0.15) is 14.9 Å². The maximum atomic E-state index is 14.4. The summed E-state index contributed by atoms with van der Waals surface area (Å²) < 4.78 is 36.9. The Balaban J connectivity index is 1.59. The molecule has 1 saturated heterocycles. The van der Waals surface area contributed by atoms with Crippen LogP contribution in [0.5, 0.6) is 5.88 Å². The minimum atomic E-state index is -0.444. The Hall–Kier alpha value is -3.49. The van der Waals surface area contributed by atoms with Crippen molar-refractivity contribution >= 4 is 11.5 Å². The second kappa shape index (κ2) is 7.08. The molecule has 154 valence electrons. The van der Waals surface area contributed by atoms with E-state index in [-0.39, 0.29) is 6.04 Å². The van der Waals surface area contributed by atoms with Crippen LogP contribution in [0.15, 0.2) is 42.7 Å². The van der Waals surface area contributed by atoms with E-state index in [1.54, 1.807) is 28.7 Å².